The SMILES string of the molecule is CC(C)CC(NC(=O)C(Cc1c[nH]c2ccccc12)NC(=O)C(CO)NC(=O)C1CCCN1)C(=O)O. The van der Waals surface area contributed by atoms with Crippen LogP contribution in [-0.2, 0) is 25.6 Å². The van der Waals surface area contributed by atoms with Gasteiger partial charge >= 0.3 is 5.97 Å². The highest BCUT2D eigenvalue weighted by molar-refractivity contribution is 5.95. The number of carbonyl (C=O) groups excluding carboxylic acids is 3. The average Bonchev–Trinajstić information content (AvgIpc) is 3.52. The van der Waals surface area contributed by atoms with E-state index < -0.39 is 54.5 Å². The van der Waals surface area contributed by atoms with Gasteiger partial charge in [-0.3, -0.25) is 14.4 Å². The number of para-hydroxylation sites is 1. The highest BCUT2D eigenvalue weighted by atomic mass is 16.4. The Balaban J connectivity index is 1.78. The number of H-pyrrole nitrogens is 1. The summed E-state index contributed by atoms with van der Waals surface area (Å²) < 4.78 is 0. The van der Waals surface area contributed by atoms with E-state index in [2.05, 4.69) is 26.3 Å². The van der Waals surface area contributed by atoms with Gasteiger partial charge in [0, 0.05) is 23.5 Å². The van der Waals surface area contributed by atoms with Crippen LogP contribution < -0.4 is 21.3 Å². The molecule has 11 heteroatoms. The predicted octanol–water partition coefficient (Wildman–Crippen LogP) is 0.0398. The van der Waals surface area contributed by atoms with Crippen LogP contribution in [0.2, 0.25) is 0 Å². The first kappa shape index (κ1) is 27.2. The number of aliphatic carboxylic acids is 1. The fourth-order valence-electron chi connectivity index (χ4n) is 4.34. The Labute approximate surface area is 209 Å². The number of aromatic nitrogens is 1. The Morgan fingerprint density at radius 2 is 1.72 bits per heavy atom. The molecule has 1 fully saturated rings. The number of benzene rings is 1. The summed E-state index contributed by atoms with van der Waals surface area (Å²) in [7, 11) is 0. The molecule has 0 aliphatic carbocycles. The number of carboxylic acids is 1. The molecule has 0 spiro atoms. The summed E-state index contributed by atoms with van der Waals surface area (Å²) in [5, 5.41) is 30.9. The van der Waals surface area contributed by atoms with Crippen LogP contribution in [0.5, 0.6) is 0 Å². The largest absolute Gasteiger partial charge is 0.480 e. The molecule has 1 aliphatic heterocycles. The van der Waals surface area contributed by atoms with Gasteiger partial charge in [0.1, 0.15) is 18.1 Å². The van der Waals surface area contributed by atoms with Crippen LogP contribution in [0.3, 0.4) is 0 Å². The summed E-state index contributed by atoms with van der Waals surface area (Å²) >= 11 is 0. The third kappa shape index (κ3) is 7.05. The number of nitrogens with one attached hydrogen (secondary N) is 5. The lowest BCUT2D eigenvalue weighted by Crippen LogP contribution is -2.58. The average molecular weight is 502 g/mol. The summed E-state index contributed by atoms with van der Waals surface area (Å²) in [5.41, 5.74) is 1.60. The number of rotatable bonds is 12. The van der Waals surface area contributed by atoms with Crippen molar-refractivity contribution in [1.82, 2.24) is 26.3 Å². The topological polar surface area (TPSA) is 173 Å². The first-order valence-corrected chi connectivity index (χ1v) is 12.2. The molecule has 1 aliphatic rings. The number of hydrogen-bond acceptors (Lipinski definition) is 6. The van der Waals surface area contributed by atoms with E-state index in [0.29, 0.717) is 13.0 Å². The fraction of sp³-hybridized carbons (Fsp3) is 0.520. The molecule has 1 aromatic heterocycles. The molecule has 0 radical (unpaired) electrons. The molecule has 0 saturated carbocycles. The normalized spacial score (nSPS) is 17.9. The predicted molar refractivity (Wildman–Crippen MR) is 133 cm³/mol. The lowest BCUT2D eigenvalue weighted by molar-refractivity contribution is -0.142. The van der Waals surface area contributed by atoms with Crippen LogP contribution in [0.25, 0.3) is 10.9 Å². The molecule has 1 aromatic carbocycles. The maximum Gasteiger partial charge on any atom is 0.326 e. The standard InChI is InChI=1S/C25H35N5O6/c1-14(2)10-20(25(35)36)29-23(33)19(11-15-12-27-17-7-4-3-6-16(15)17)28-24(34)21(13-31)30-22(32)18-8-5-9-26-18/h3-4,6-7,12,14,18-21,26-27,31H,5,8-11,13H2,1-2H3,(H,28,34)(H,29,33)(H,30,32)(H,35,36). The van der Waals surface area contributed by atoms with Crippen molar-refractivity contribution in [2.75, 3.05) is 13.2 Å². The van der Waals surface area contributed by atoms with E-state index in [9.17, 15) is 29.4 Å². The van der Waals surface area contributed by atoms with Crippen LogP contribution in [-0.4, -0.2) is 76.2 Å². The van der Waals surface area contributed by atoms with Gasteiger partial charge in [0.05, 0.1) is 12.6 Å². The zero-order chi connectivity index (χ0) is 26.2. The Hall–Kier alpha value is -3.44. The molecule has 7 N–H and O–H groups in total. The van der Waals surface area contributed by atoms with E-state index in [4.69, 9.17) is 0 Å². The number of carboxylic acid groups (broad SMARTS) is 1. The molecular formula is C25H35N5O6. The summed E-state index contributed by atoms with van der Waals surface area (Å²) in [4.78, 5) is 53.5. The molecule has 1 saturated heterocycles. The summed E-state index contributed by atoms with van der Waals surface area (Å²) in [6.45, 7) is 3.74. The van der Waals surface area contributed by atoms with E-state index in [1.54, 1.807) is 6.20 Å². The number of aromatic amines is 1. The second-order valence-electron chi connectivity index (χ2n) is 9.55. The van der Waals surface area contributed by atoms with E-state index in [-0.39, 0.29) is 18.8 Å². The lowest BCUT2D eigenvalue weighted by atomic mass is 10.0. The first-order chi connectivity index (χ1) is 17.2. The Morgan fingerprint density at radius 1 is 1.03 bits per heavy atom. The van der Waals surface area contributed by atoms with Crippen molar-refractivity contribution < 1.29 is 29.4 Å². The minimum absolute atomic E-state index is 0.0197. The van der Waals surface area contributed by atoms with Crippen LogP contribution in [0.1, 0.15) is 38.7 Å². The molecule has 2 aromatic rings. The molecule has 4 unspecified atom stereocenters. The Kier molecular flexibility index (Phi) is 9.43. The number of hydrogen-bond donors (Lipinski definition) is 7. The van der Waals surface area contributed by atoms with Crippen molar-refractivity contribution in [3.63, 3.8) is 0 Å². The van der Waals surface area contributed by atoms with Gasteiger partial charge < -0.3 is 36.5 Å². The second kappa shape index (κ2) is 12.5. The van der Waals surface area contributed by atoms with Crippen molar-refractivity contribution in [2.24, 2.45) is 5.92 Å². The minimum atomic E-state index is -1.26. The molecule has 4 atom stereocenters. The quantitative estimate of drug-likeness (QED) is 0.215. The highest BCUT2D eigenvalue weighted by Gasteiger charge is 2.32. The second-order valence-corrected chi connectivity index (χ2v) is 9.55. The smallest absolute Gasteiger partial charge is 0.326 e. The summed E-state index contributed by atoms with van der Waals surface area (Å²) in [6.07, 6.45) is 3.49. The van der Waals surface area contributed by atoms with E-state index in [1.165, 1.54) is 0 Å². The van der Waals surface area contributed by atoms with Gasteiger partial charge in [0.15, 0.2) is 0 Å². The summed E-state index contributed by atoms with van der Waals surface area (Å²) in [5.74, 6) is -2.95. The molecule has 36 heavy (non-hydrogen) atoms. The monoisotopic (exact) mass is 501 g/mol. The van der Waals surface area contributed by atoms with Gasteiger partial charge in [0.25, 0.3) is 0 Å². The van der Waals surface area contributed by atoms with Gasteiger partial charge in [-0.2, -0.15) is 0 Å². The van der Waals surface area contributed by atoms with Crippen molar-refractivity contribution >= 4 is 34.6 Å². The Bertz CT molecular complexity index is 1080. The van der Waals surface area contributed by atoms with Crippen LogP contribution >= 0.6 is 0 Å². The number of aliphatic hydroxyl groups is 1. The van der Waals surface area contributed by atoms with Crippen molar-refractivity contribution in [3.05, 3.63) is 36.0 Å². The van der Waals surface area contributed by atoms with Gasteiger partial charge in [0.2, 0.25) is 17.7 Å². The van der Waals surface area contributed by atoms with Crippen molar-refractivity contribution in [2.45, 2.75) is 63.7 Å². The molecule has 3 rings (SSSR count). The fourth-order valence-corrected chi connectivity index (χ4v) is 4.34. The number of fused-ring (bicyclic) bond motifs is 1. The zero-order valence-electron chi connectivity index (χ0n) is 20.5. The maximum atomic E-state index is 13.2. The highest BCUT2D eigenvalue weighted by Crippen LogP contribution is 2.19. The third-order valence-electron chi connectivity index (χ3n) is 6.25. The van der Waals surface area contributed by atoms with E-state index in [1.807, 2.05) is 38.1 Å². The number of aliphatic hydroxyl groups excluding tert-OH is 1. The van der Waals surface area contributed by atoms with Crippen LogP contribution in [0.4, 0.5) is 0 Å². The van der Waals surface area contributed by atoms with Gasteiger partial charge in [-0.05, 0) is 43.4 Å². The minimum Gasteiger partial charge on any atom is -0.480 e. The zero-order valence-corrected chi connectivity index (χ0v) is 20.5. The lowest BCUT2D eigenvalue weighted by Gasteiger charge is -2.25. The van der Waals surface area contributed by atoms with Crippen LogP contribution in [0, 0.1) is 5.92 Å². The molecule has 11 nitrogen and oxygen atoms in total. The number of carbonyl (C=O) groups is 4. The van der Waals surface area contributed by atoms with Gasteiger partial charge in [-0.25, -0.2) is 4.79 Å². The Morgan fingerprint density at radius 3 is 2.36 bits per heavy atom. The van der Waals surface area contributed by atoms with Gasteiger partial charge in [-0.15, -0.1) is 0 Å². The molecule has 2 heterocycles. The van der Waals surface area contributed by atoms with Gasteiger partial charge in [-0.1, -0.05) is 32.0 Å². The first-order valence-electron chi connectivity index (χ1n) is 12.2. The van der Waals surface area contributed by atoms with Crippen LogP contribution in [0.15, 0.2) is 30.5 Å². The molecule has 196 valence electrons. The van der Waals surface area contributed by atoms with E-state index in [0.717, 1.165) is 22.9 Å². The number of amides is 3. The summed E-state index contributed by atoms with van der Waals surface area (Å²) in [6, 6.07) is 3.51. The van der Waals surface area contributed by atoms with Crippen molar-refractivity contribution in [3.8, 4) is 0 Å². The van der Waals surface area contributed by atoms with E-state index >= 15 is 0 Å². The maximum absolute atomic E-state index is 13.2. The third-order valence-corrected chi connectivity index (χ3v) is 6.25. The molecule has 3 amide bonds. The molecular weight excluding hydrogens is 466 g/mol. The molecule has 0 bridgehead atoms. The van der Waals surface area contributed by atoms with Crippen molar-refractivity contribution in [1.29, 1.82) is 0 Å².